The summed E-state index contributed by atoms with van der Waals surface area (Å²) in [6.45, 7) is 2.29. The van der Waals surface area contributed by atoms with Crippen molar-refractivity contribution in [1.82, 2.24) is 14.9 Å². The maximum atomic E-state index is 14.8. The summed E-state index contributed by atoms with van der Waals surface area (Å²) >= 11 is 12.5. The SMILES string of the molecule is CC1c2c(Cl)cc(Cl)cc2CCN1C(=O)CNc1cc2nc(C3CCC(O)CC3)[nH]c(=O)c2cc1F. The quantitative estimate of drug-likeness (QED) is 0.441. The van der Waals surface area contributed by atoms with E-state index in [-0.39, 0.29) is 41.6 Å². The Labute approximate surface area is 217 Å². The van der Waals surface area contributed by atoms with Gasteiger partial charge in [-0.05, 0) is 74.4 Å². The van der Waals surface area contributed by atoms with Crippen LogP contribution in [0.25, 0.3) is 10.9 Å². The van der Waals surface area contributed by atoms with Gasteiger partial charge in [0.1, 0.15) is 11.6 Å². The maximum absolute atomic E-state index is 14.8. The van der Waals surface area contributed by atoms with E-state index < -0.39 is 11.4 Å². The van der Waals surface area contributed by atoms with Crippen molar-refractivity contribution in [2.24, 2.45) is 0 Å². The lowest BCUT2D eigenvalue weighted by molar-refractivity contribution is -0.131. The third-order valence-electron chi connectivity index (χ3n) is 7.33. The molecule has 1 fully saturated rings. The Balaban J connectivity index is 1.34. The number of amides is 1. The van der Waals surface area contributed by atoms with Crippen LogP contribution in [-0.2, 0) is 11.2 Å². The lowest BCUT2D eigenvalue weighted by Gasteiger charge is -2.36. The summed E-state index contributed by atoms with van der Waals surface area (Å²) in [4.78, 5) is 34.8. The van der Waals surface area contributed by atoms with Crippen molar-refractivity contribution in [1.29, 1.82) is 0 Å². The number of benzene rings is 2. The van der Waals surface area contributed by atoms with Crippen LogP contribution in [0.2, 0.25) is 10.0 Å². The molecule has 1 amide bonds. The topological polar surface area (TPSA) is 98.3 Å². The molecule has 10 heteroatoms. The zero-order valence-electron chi connectivity index (χ0n) is 19.8. The molecular weight excluding hydrogens is 506 g/mol. The molecule has 190 valence electrons. The smallest absolute Gasteiger partial charge is 0.258 e. The first-order valence-electron chi connectivity index (χ1n) is 12.1. The highest BCUT2D eigenvalue weighted by atomic mass is 35.5. The first-order chi connectivity index (χ1) is 17.2. The summed E-state index contributed by atoms with van der Waals surface area (Å²) in [5.41, 5.74) is 1.97. The molecule has 1 unspecified atom stereocenters. The van der Waals surface area contributed by atoms with Gasteiger partial charge in [0.25, 0.3) is 5.56 Å². The van der Waals surface area contributed by atoms with E-state index in [1.165, 1.54) is 6.07 Å². The van der Waals surface area contributed by atoms with Gasteiger partial charge in [0.15, 0.2) is 0 Å². The molecule has 1 aliphatic carbocycles. The Hall–Kier alpha value is -2.68. The number of aromatic amines is 1. The summed E-state index contributed by atoms with van der Waals surface area (Å²) in [5, 5.41) is 13.9. The monoisotopic (exact) mass is 532 g/mol. The highest BCUT2D eigenvalue weighted by Gasteiger charge is 2.30. The number of nitrogens with zero attached hydrogens (tertiary/aromatic N) is 2. The number of aromatic nitrogens is 2. The minimum absolute atomic E-state index is 0.0405. The number of nitrogens with one attached hydrogen (secondary N) is 2. The van der Waals surface area contributed by atoms with E-state index in [4.69, 9.17) is 23.2 Å². The number of hydrogen-bond acceptors (Lipinski definition) is 5. The van der Waals surface area contributed by atoms with Gasteiger partial charge in [-0.2, -0.15) is 0 Å². The fraction of sp³-hybridized carbons (Fsp3) is 0.423. The van der Waals surface area contributed by atoms with Gasteiger partial charge in [-0.25, -0.2) is 9.37 Å². The van der Waals surface area contributed by atoms with Crippen LogP contribution < -0.4 is 10.9 Å². The number of aliphatic hydroxyl groups excluding tert-OH is 1. The normalized spacial score (nSPS) is 21.9. The van der Waals surface area contributed by atoms with Crippen LogP contribution >= 0.6 is 23.2 Å². The van der Waals surface area contributed by atoms with E-state index in [9.17, 15) is 19.1 Å². The van der Waals surface area contributed by atoms with Crippen LogP contribution in [0.3, 0.4) is 0 Å². The molecule has 1 aromatic heterocycles. The minimum Gasteiger partial charge on any atom is -0.393 e. The third-order valence-corrected chi connectivity index (χ3v) is 7.86. The fourth-order valence-electron chi connectivity index (χ4n) is 5.37. The number of hydrogen-bond donors (Lipinski definition) is 3. The lowest BCUT2D eigenvalue weighted by atomic mass is 9.87. The number of halogens is 3. The number of rotatable bonds is 4. The molecule has 1 atom stereocenters. The largest absolute Gasteiger partial charge is 0.393 e. The Bertz CT molecular complexity index is 1390. The van der Waals surface area contributed by atoms with Gasteiger partial charge in [0, 0.05) is 22.5 Å². The molecule has 1 aliphatic heterocycles. The van der Waals surface area contributed by atoms with Crippen molar-refractivity contribution in [3.05, 3.63) is 67.4 Å². The first-order valence-corrected chi connectivity index (χ1v) is 12.9. The van der Waals surface area contributed by atoms with E-state index in [2.05, 4.69) is 15.3 Å². The molecule has 5 rings (SSSR count). The number of aliphatic hydroxyl groups is 1. The van der Waals surface area contributed by atoms with E-state index in [1.807, 2.05) is 13.0 Å². The second-order valence-electron chi connectivity index (χ2n) is 9.63. The second kappa shape index (κ2) is 10.00. The highest BCUT2D eigenvalue weighted by Crippen LogP contribution is 2.37. The van der Waals surface area contributed by atoms with Crippen LogP contribution in [0.15, 0.2) is 29.1 Å². The van der Waals surface area contributed by atoms with Gasteiger partial charge in [0.2, 0.25) is 5.91 Å². The van der Waals surface area contributed by atoms with Crippen molar-refractivity contribution in [2.75, 3.05) is 18.4 Å². The first kappa shape index (κ1) is 25.0. The van der Waals surface area contributed by atoms with Crippen LogP contribution in [0.1, 0.15) is 61.5 Å². The molecule has 0 radical (unpaired) electrons. The van der Waals surface area contributed by atoms with Gasteiger partial charge in [-0.15, -0.1) is 0 Å². The summed E-state index contributed by atoms with van der Waals surface area (Å²) < 4.78 is 14.8. The number of carbonyl (C=O) groups excluding carboxylic acids is 1. The minimum atomic E-state index is -0.633. The number of anilines is 1. The average Bonchev–Trinajstić information content (AvgIpc) is 2.83. The molecule has 0 spiro atoms. The van der Waals surface area contributed by atoms with Crippen LogP contribution in [0.4, 0.5) is 10.1 Å². The van der Waals surface area contributed by atoms with Gasteiger partial charge in [-0.1, -0.05) is 23.2 Å². The zero-order chi connectivity index (χ0) is 25.6. The lowest BCUT2D eigenvalue weighted by Crippen LogP contribution is -2.42. The number of fused-ring (bicyclic) bond motifs is 2. The van der Waals surface area contributed by atoms with Gasteiger partial charge >= 0.3 is 0 Å². The Morgan fingerprint density at radius 3 is 2.72 bits per heavy atom. The zero-order valence-corrected chi connectivity index (χ0v) is 21.3. The van der Waals surface area contributed by atoms with E-state index in [0.717, 1.165) is 30.0 Å². The fourth-order valence-corrected chi connectivity index (χ4v) is 6.07. The van der Waals surface area contributed by atoms with Crippen molar-refractivity contribution in [3.63, 3.8) is 0 Å². The number of carbonyl (C=O) groups is 1. The molecule has 1 saturated carbocycles. The molecular formula is C26H27Cl2FN4O3. The van der Waals surface area contributed by atoms with Crippen molar-refractivity contribution < 1.29 is 14.3 Å². The molecule has 2 aromatic carbocycles. The number of H-pyrrole nitrogens is 1. The third kappa shape index (κ3) is 4.82. The molecule has 36 heavy (non-hydrogen) atoms. The predicted octanol–water partition coefficient (Wildman–Crippen LogP) is 4.95. The van der Waals surface area contributed by atoms with E-state index in [1.54, 1.807) is 11.0 Å². The molecule has 2 aliphatic rings. The van der Waals surface area contributed by atoms with Gasteiger partial charge < -0.3 is 20.3 Å². The predicted molar refractivity (Wildman–Crippen MR) is 138 cm³/mol. The van der Waals surface area contributed by atoms with Gasteiger partial charge in [-0.3, -0.25) is 9.59 Å². The molecule has 2 heterocycles. The highest BCUT2D eigenvalue weighted by molar-refractivity contribution is 6.35. The molecule has 0 saturated heterocycles. The van der Waals surface area contributed by atoms with Crippen LogP contribution in [0, 0.1) is 5.82 Å². The molecule has 0 bridgehead atoms. The Morgan fingerprint density at radius 1 is 1.22 bits per heavy atom. The van der Waals surface area contributed by atoms with Crippen molar-refractivity contribution in [3.8, 4) is 0 Å². The second-order valence-corrected chi connectivity index (χ2v) is 10.5. The standard InChI is InChI=1S/C26H27Cl2FN4O3/c1-13-24-15(8-16(27)9-19(24)28)6-7-33(13)23(35)12-30-22-11-21-18(10-20(22)29)26(36)32-25(31-21)14-2-4-17(34)5-3-14/h8-11,13-14,17,30,34H,2-7,12H2,1H3,(H,31,32,36). The van der Waals surface area contributed by atoms with Crippen LogP contribution in [-0.4, -0.2) is 45.1 Å². The maximum Gasteiger partial charge on any atom is 0.258 e. The van der Waals surface area contributed by atoms with Crippen molar-refractivity contribution >= 4 is 45.7 Å². The van der Waals surface area contributed by atoms with Gasteiger partial charge in [0.05, 0.1) is 35.3 Å². The summed E-state index contributed by atoms with van der Waals surface area (Å²) in [5.74, 6) is -0.241. The molecule has 7 nitrogen and oxygen atoms in total. The molecule has 3 N–H and O–H groups in total. The summed E-state index contributed by atoms with van der Waals surface area (Å²) in [6.07, 6.45) is 3.07. The average molecular weight is 533 g/mol. The Morgan fingerprint density at radius 2 is 1.97 bits per heavy atom. The summed E-state index contributed by atoms with van der Waals surface area (Å²) in [7, 11) is 0. The van der Waals surface area contributed by atoms with E-state index >= 15 is 0 Å². The van der Waals surface area contributed by atoms with Crippen molar-refractivity contribution in [2.45, 2.75) is 57.1 Å². The molecule has 3 aromatic rings. The van der Waals surface area contributed by atoms with Crippen LogP contribution in [0.5, 0.6) is 0 Å². The Kier molecular flexibility index (Phi) is 6.94. The summed E-state index contributed by atoms with van der Waals surface area (Å²) in [6, 6.07) is 5.93. The van der Waals surface area contributed by atoms with E-state index in [0.29, 0.717) is 47.2 Å².